The Kier molecular flexibility index (Phi) is 2.89. The van der Waals surface area contributed by atoms with Crippen LogP contribution in [-0.2, 0) is 0 Å². The fourth-order valence-electron chi connectivity index (χ4n) is 3.07. The molecule has 0 saturated carbocycles. The third-order valence-corrected chi connectivity index (χ3v) is 3.55. The van der Waals surface area contributed by atoms with Gasteiger partial charge in [-0.2, -0.15) is 0 Å². The Morgan fingerprint density at radius 1 is 1.15 bits per heavy atom. The van der Waals surface area contributed by atoms with Crippen molar-refractivity contribution in [3.05, 3.63) is 0 Å². The molecule has 0 aliphatic carbocycles. The van der Waals surface area contributed by atoms with Gasteiger partial charge in [-0.05, 0) is 39.7 Å². The molecule has 76 valence electrons. The molecule has 0 radical (unpaired) electrons. The standard InChI is InChI=1S/C11H22N2/c1-9(2)13-10-4-3-5-11(13)8-12-7-6-10/h9-12H,3-8H2,1-2H3/t10-,11-/m0/s1. The summed E-state index contributed by atoms with van der Waals surface area (Å²) in [6.07, 6.45) is 5.63. The van der Waals surface area contributed by atoms with Crippen LogP contribution in [0.25, 0.3) is 0 Å². The highest BCUT2D eigenvalue weighted by molar-refractivity contribution is 4.90. The van der Waals surface area contributed by atoms with Crippen molar-refractivity contribution in [3.8, 4) is 0 Å². The molecule has 2 atom stereocenters. The van der Waals surface area contributed by atoms with Crippen molar-refractivity contribution in [2.75, 3.05) is 13.1 Å². The van der Waals surface area contributed by atoms with Crippen LogP contribution in [0, 0.1) is 0 Å². The highest BCUT2D eigenvalue weighted by Crippen LogP contribution is 2.28. The molecule has 2 bridgehead atoms. The van der Waals surface area contributed by atoms with E-state index in [1.807, 2.05) is 0 Å². The molecule has 0 unspecified atom stereocenters. The van der Waals surface area contributed by atoms with Crippen LogP contribution in [0.5, 0.6) is 0 Å². The van der Waals surface area contributed by atoms with Crippen molar-refractivity contribution in [2.24, 2.45) is 0 Å². The smallest absolute Gasteiger partial charge is 0.0226 e. The Bertz CT molecular complexity index is 153. The SMILES string of the molecule is CC(C)N1[C@H]2CCC[C@H]1CNCC2. The number of nitrogens with one attached hydrogen (secondary N) is 1. The number of hydrogen-bond acceptors (Lipinski definition) is 2. The van der Waals surface area contributed by atoms with E-state index in [1.165, 1.54) is 38.8 Å². The van der Waals surface area contributed by atoms with Gasteiger partial charge in [-0.15, -0.1) is 0 Å². The van der Waals surface area contributed by atoms with Gasteiger partial charge in [0.05, 0.1) is 0 Å². The summed E-state index contributed by atoms with van der Waals surface area (Å²) in [6, 6.07) is 2.42. The van der Waals surface area contributed by atoms with Gasteiger partial charge in [0.2, 0.25) is 0 Å². The first-order chi connectivity index (χ1) is 6.29. The summed E-state index contributed by atoms with van der Waals surface area (Å²) in [5.41, 5.74) is 0. The van der Waals surface area contributed by atoms with Gasteiger partial charge in [-0.1, -0.05) is 6.42 Å². The zero-order valence-electron chi connectivity index (χ0n) is 8.92. The molecule has 2 heteroatoms. The molecule has 2 nitrogen and oxygen atoms in total. The maximum atomic E-state index is 3.56. The van der Waals surface area contributed by atoms with Crippen LogP contribution < -0.4 is 5.32 Å². The molecule has 0 amide bonds. The van der Waals surface area contributed by atoms with E-state index in [0.29, 0.717) is 0 Å². The van der Waals surface area contributed by atoms with Crippen LogP contribution >= 0.6 is 0 Å². The zero-order valence-corrected chi connectivity index (χ0v) is 8.92. The number of fused-ring (bicyclic) bond motifs is 2. The Morgan fingerprint density at radius 2 is 1.92 bits per heavy atom. The van der Waals surface area contributed by atoms with E-state index in [1.54, 1.807) is 0 Å². The lowest BCUT2D eigenvalue weighted by atomic mass is 9.93. The quantitative estimate of drug-likeness (QED) is 0.663. The van der Waals surface area contributed by atoms with Gasteiger partial charge in [-0.25, -0.2) is 0 Å². The van der Waals surface area contributed by atoms with Gasteiger partial charge >= 0.3 is 0 Å². The predicted molar refractivity (Wildman–Crippen MR) is 55.9 cm³/mol. The van der Waals surface area contributed by atoms with Gasteiger partial charge in [0.15, 0.2) is 0 Å². The molecule has 13 heavy (non-hydrogen) atoms. The maximum Gasteiger partial charge on any atom is 0.0226 e. The fourth-order valence-corrected chi connectivity index (χ4v) is 3.07. The second kappa shape index (κ2) is 3.97. The van der Waals surface area contributed by atoms with Crippen molar-refractivity contribution < 1.29 is 0 Å². The molecule has 2 heterocycles. The van der Waals surface area contributed by atoms with E-state index < -0.39 is 0 Å². The lowest BCUT2D eigenvalue weighted by molar-refractivity contribution is 0.0614. The van der Waals surface area contributed by atoms with E-state index in [9.17, 15) is 0 Å². The molecule has 2 fully saturated rings. The van der Waals surface area contributed by atoms with Gasteiger partial charge in [0, 0.05) is 24.7 Å². The summed E-state index contributed by atoms with van der Waals surface area (Å²) in [6.45, 7) is 7.13. The molecular weight excluding hydrogens is 160 g/mol. The van der Waals surface area contributed by atoms with Gasteiger partial charge in [0.25, 0.3) is 0 Å². The minimum atomic E-state index is 0.732. The monoisotopic (exact) mass is 182 g/mol. The van der Waals surface area contributed by atoms with Crippen molar-refractivity contribution >= 4 is 0 Å². The maximum absolute atomic E-state index is 3.56. The van der Waals surface area contributed by atoms with Crippen molar-refractivity contribution in [1.29, 1.82) is 0 Å². The summed E-state index contributed by atoms with van der Waals surface area (Å²) in [5, 5.41) is 3.56. The lowest BCUT2D eigenvalue weighted by Gasteiger charge is -2.43. The summed E-state index contributed by atoms with van der Waals surface area (Å²) < 4.78 is 0. The third kappa shape index (κ3) is 1.89. The Hall–Kier alpha value is -0.0800. The van der Waals surface area contributed by atoms with Crippen molar-refractivity contribution in [1.82, 2.24) is 10.2 Å². The third-order valence-electron chi connectivity index (χ3n) is 3.55. The molecule has 2 aliphatic rings. The number of nitrogens with zero attached hydrogens (tertiary/aromatic N) is 1. The van der Waals surface area contributed by atoms with Crippen LogP contribution in [0.15, 0.2) is 0 Å². The predicted octanol–water partition coefficient (Wildman–Crippen LogP) is 1.61. The molecule has 2 saturated heterocycles. The first-order valence-electron chi connectivity index (χ1n) is 5.77. The first-order valence-corrected chi connectivity index (χ1v) is 5.77. The summed E-state index contributed by atoms with van der Waals surface area (Å²) in [4.78, 5) is 2.75. The van der Waals surface area contributed by atoms with Crippen LogP contribution in [0.2, 0.25) is 0 Å². The van der Waals surface area contributed by atoms with E-state index in [0.717, 1.165) is 18.1 Å². The topological polar surface area (TPSA) is 15.3 Å². The van der Waals surface area contributed by atoms with E-state index in [-0.39, 0.29) is 0 Å². The minimum Gasteiger partial charge on any atom is -0.315 e. The van der Waals surface area contributed by atoms with E-state index >= 15 is 0 Å². The minimum absolute atomic E-state index is 0.732. The molecule has 0 aromatic heterocycles. The molecule has 1 N–H and O–H groups in total. The van der Waals surface area contributed by atoms with E-state index in [4.69, 9.17) is 0 Å². The van der Waals surface area contributed by atoms with Gasteiger partial charge in [-0.3, -0.25) is 4.90 Å². The normalized spacial score (nSPS) is 36.2. The number of hydrogen-bond donors (Lipinski definition) is 1. The molecule has 2 aliphatic heterocycles. The molecule has 0 aromatic rings. The highest BCUT2D eigenvalue weighted by Gasteiger charge is 2.33. The summed E-state index contributed by atoms with van der Waals surface area (Å²) >= 11 is 0. The van der Waals surface area contributed by atoms with Crippen molar-refractivity contribution in [3.63, 3.8) is 0 Å². The van der Waals surface area contributed by atoms with Gasteiger partial charge < -0.3 is 5.32 Å². The Morgan fingerprint density at radius 3 is 2.69 bits per heavy atom. The van der Waals surface area contributed by atoms with E-state index in [2.05, 4.69) is 24.1 Å². The van der Waals surface area contributed by atoms with Crippen LogP contribution in [-0.4, -0.2) is 36.1 Å². The summed E-state index contributed by atoms with van der Waals surface area (Å²) in [7, 11) is 0. The van der Waals surface area contributed by atoms with Crippen molar-refractivity contribution in [2.45, 2.75) is 57.7 Å². The largest absolute Gasteiger partial charge is 0.315 e. The first kappa shape index (κ1) is 9.47. The highest BCUT2D eigenvalue weighted by atomic mass is 15.2. The fraction of sp³-hybridized carbons (Fsp3) is 1.00. The number of piperidine rings is 1. The Balaban J connectivity index is 2.11. The van der Waals surface area contributed by atoms with Crippen LogP contribution in [0.1, 0.15) is 39.5 Å². The second-order valence-corrected chi connectivity index (χ2v) is 4.77. The van der Waals surface area contributed by atoms with Crippen LogP contribution in [0.4, 0.5) is 0 Å². The second-order valence-electron chi connectivity index (χ2n) is 4.77. The van der Waals surface area contributed by atoms with Crippen LogP contribution in [0.3, 0.4) is 0 Å². The zero-order chi connectivity index (χ0) is 9.26. The average Bonchev–Trinajstić information content (AvgIpc) is 2.22. The molecule has 0 spiro atoms. The Labute approximate surface area is 81.7 Å². The lowest BCUT2D eigenvalue weighted by Crippen LogP contribution is -2.51. The molecular formula is C11H22N2. The van der Waals surface area contributed by atoms with Gasteiger partial charge in [0.1, 0.15) is 0 Å². The number of rotatable bonds is 1. The molecule has 2 rings (SSSR count). The molecule has 0 aromatic carbocycles. The average molecular weight is 182 g/mol. The summed E-state index contributed by atoms with van der Waals surface area (Å²) in [5.74, 6) is 0.